The lowest BCUT2D eigenvalue weighted by Gasteiger charge is -2.34. The van der Waals surface area contributed by atoms with Crippen molar-refractivity contribution in [3.8, 4) is 0 Å². The SMILES string of the molecule is Cn1cc(CCNC(=O)NCC2(O)CCCc3ccccc32)cn1. The molecule has 0 saturated heterocycles. The van der Waals surface area contributed by atoms with Crippen LogP contribution in [0.5, 0.6) is 0 Å². The van der Waals surface area contributed by atoms with Gasteiger partial charge in [0.2, 0.25) is 0 Å². The van der Waals surface area contributed by atoms with E-state index in [2.05, 4.69) is 15.7 Å². The summed E-state index contributed by atoms with van der Waals surface area (Å²) in [6, 6.07) is 7.67. The summed E-state index contributed by atoms with van der Waals surface area (Å²) in [4.78, 5) is 12.0. The first-order valence-electron chi connectivity index (χ1n) is 8.37. The van der Waals surface area contributed by atoms with Crippen LogP contribution in [-0.4, -0.2) is 34.0 Å². The van der Waals surface area contributed by atoms with Crippen molar-refractivity contribution in [2.75, 3.05) is 13.1 Å². The van der Waals surface area contributed by atoms with Crippen molar-refractivity contribution >= 4 is 6.03 Å². The number of nitrogens with one attached hydrogen (secondary N) is 2. The van der Waals surface area contributed by atoms with Gasteiger partial charge in [0.15, 0.2) is 0 Å². The van der Waals surface area contributed by atoms with E-state index in [4.69, 9.17) is 0 Å². The number of aromatic nitrogens is 2. The van der Waals surface area contributed by atoms with Gasteiger partial charge in [0.05, 0.1) is 12.7 Å². The Kier molecular flexibility index (Phi) is 4.85. The van der Waals surface area contributed by atoms with Crippen molar-refractivity contribution in [1.82, 2.24) is 20.4 Å². The van der Waals surface area contributed by atoms with Gasteiger partial charge >= 0.3 is 6.03 Å². The van der Waals surface area contributed by atoms with E-state index in [1.165, 1.54) is 5.56 Å². The number of carbonyl (C=O) groups is 1. The molecule has 0 fully saturated rings. The molecule has 2 amide bonds. The van der Waals surface area contributed by atoms with Crippen LogP contribution in [0, 0.1) is 0 Å². The molecule has 1 aliphatic carbocycles. The van der Waals surface area contributed by atoms with E-state index < -0.39 is 5.60 Å². The molecule has 6 heteroatoms. The number of hydrogen-bond donors (Lipinski definition) is 3. The molecular formula is C18H24N4O2. The van der Waals surface area contributed by atoms with Crippen LogP contribution in [-0.2, 0) is 25.5 Å². The van der Waals surface area contributed by atoms with E-state index in [0.29, 0.717) is 13.0 Å². The van der Waals surface area contributed by atoms with Crippen LogP contribution in [0.4, 0.5) is 4.79 Å². The van der Waals surface area contributed by atoms with Gasteiger partial charge in [-0.3, -0.25) is 4.68 Å². The Morgan fingerprint density at radius 2 is 2.21 bits per heavy atom. The molecule has 3 N–H and O–H groups in total. The van der Waals surface area contributed by atoms with Gasteiger partial charge in [-0.15, -0.1) is 0 Å². The summed E-state index contributed by atoms with van der Waals surface area (Å²) < 4.78 is 1.74. The van der Waals surface area contributed by atoms with Gasteiger partial charge in [-0.1, -0.05) is 24.3 Å². The van der Waals surface area contributed by atoms with Crippen LogP contribution in [0.15, 0.2) is 36.7 Å². The molecule has 1 heterocycles. The third-order valence-corrected chi connectivity index (χ3v) is 4.55. The van der Waals surface area contributed by atoms with E-state index in [9.17, 15) is 9.90 Å². The Morgan fingerprint density at radius 3 is 3.00 bits per heavy atom. The number of amides is 2. The Balaban J connectivity index is 1.49. The minimum atomic E-state index is -0.977. The highest BCUT2D eigenvalue weighted by atomic mass is 16.3. The third-order valence-electron chi connectivity index (χ3n) is 4.55. The molecule has 24 heavy (non-hydrogen) atoms. The topological polar surface area (TPSA) is 79.2 Å². The zero-order valence-electron chi connectivity index (χ0n) is 14.0. The summed E-state index contributed by atoms with van der Waals surface area (Å²) in [6.45, 7) is 0.759. The fourth-order valence-electron chi connectivity index (χ4n) is 3.29. The second-order valence-electron chi connectivity index (χ2n) is 6.42. The molecule has 0 spiro atoms. The Hall–Kier alpha value is -2.34. The molecule has 0 radical (unpaired) electrons. The lowest BCUT2D eigenvalue weighted by Crippen LogP contribution is -2.46. The molecule has 1 aromatic heterocycles. The van der Waals surface area contributed by atoms with Crippen LogP contribution in [0.3, 0.4) is 0 Å². The first-order valence-corrected chi connectivity index (χ1v) is 8.37. The summed E-state index contributed by atoms with van der Waals surface area (Å²) in [5.74, 6) is 0. The number of fused-ring (bicyclic) bond motifs is 1. The van der Waals surface area contributed by atoms with Gasteiger partial charge in [0.25, 0.3) is 0 Å². The minimum absolute atomic E-state index is 0.225. The van der Waals surface area contributed by atoms with E-state index in [1.54, 1.807) is 10.9 Å². The predicted molar refractivity (Wildman–Crippen MR) is 91.6 cm³/mol. The fraction of sp³-hybridized carbons (Fsp3) is 0.444. The number of urea groups is 1. The number of hydrogen-bond acceptors (Lipinski definition) is 3. The highest BCUT2D eigenvalue weighted by molar-refractivity contribution is 5.74. The third kappa shape index (κ3) is 3.76. The van der Waals surface area contributed by atoms with Gasteiger partial charge in [-0.25, -0.2) is 4.79 Å². The lowest BCUT2D eigenvalue weighted by atomic mass is 9.79. The van der Waals surface area contributed by atoms with Crippen molar-refractivity contribution in [3.05, 3.63) is 53.3 Å². The second kappa shape index (κ2) is 7.05. The molecule has 0 saturated carbocycles. The van der Waals surface area contributed by atoms with Crippen LogP contribution in [0.1, 0.15) is 29.5 Å². The summed E-state index contributed by atoms with van der Waals surface area (Å²) in [5, 5.41) is 20.6. The molecule has 3 rings (SSSR count). The molecule has 2 aromatic rings. The highest BCUT2D eigenvalue weighted by Gasteiger charge is 2.34. The first-order chi connectivity index (χ1) is 11.6. The second-order valence-corrected chi connectivity index (χ2v) is 6.42. The summed E-state index contributed by atoms with van der Waals surface area (Å²) >= 11 is 0. The number of carbonyl (C=O) groups excluding carboxylic acids is 1. The average molecular weight is 328 g/mol. The lowest BCUT2D eigenvalue weighted by molar-refractivity contribution is 0.0217. The average Bonchev–Trinajstić information content (AvgIpc) is 2.99. The molecule has 1 unspecified atom stereocenters. The van der Waals surface area contributed by atoms with Gasteiger partial charge in [0, 0.05) is 19.8 Å². The zero-order chi connectivity index (χ0) is 17.0. The van der Waals surface area contributed by atoms with E-state index in [0.717, 1.165) is 30.4 Å². The molecule has 128 valence electrons. The van der Waals surface area contributed by atoms with Crippen molar-refractivity contribution < 1.29 is 9.90 Å². The summed E-state index contributed by atoms with van der Waals surface area (Å²) in [6.07, 6.45) is 7.03. The minimum Gasteiger partial charge on any atom is -0.383 e. The first kappa shape index (κ1) is 16.5. The number of aryl methyl sites for hydroxylation is 2. The van der Waals surface area contributed by atoms with E-state index in [1.807, 2.05) is 37.5 Å². The maximum absolute atomic E-state index is 12.0. The largest absolute Gasteiger partial charge is 0.383 e. The molecule has 1 aliphatic rings. The quantitative estimate of drug-likeness (QED) is 0.778. The monoisotopic (exact) mass is 328 g/mol. The molecule has 0 bridgehead atoms. The number of aliphatic hydroxyl groups is 1. The smallest absolute Gasteiger partial charge is 0.314 e. The zero-order valence-corrected chi connectivity index (χ0v) is 14.0. The molecule has 6 nitrogen and oxygen atoms in total. The van der Waals surface area contributed by atoms with Crippen LogP contribution < -0.4 is 10.6 Å². The van der Waals surface area contributed by atoms with Crippen LogP contribution in [0.25, 0.3) is 0 Å². The maximum Gasteiger partial charge on any atom is 0.314 e. The van der Waals surface area contributed by atoms with Crippen LogP contribution in [0.2, 0.25) is 0 Å². The van der Waals surface area contributed by atoms with Crippen molar-refractivity contribution in [1.29, 1.82) is 0 Å². The van der Waals surface area contributed by atoms with Gasteiger partial charge < -0.3 is 15.7 Å². The Bertz CT molecular complexity index is 713. The normalized spacial score (nSPS) is 19.6. The van der Waals surface area contributed by atoms with E-state index in [-0.39, 0.29) is 12.6 Å². The maximum atomic E-state index is 12.0. The predicted octanol–water partition coefficient (Wildman–Crippen LogP) is 1.49. The van der Waals surface area contributed by atoms with Gasteiger partial charge in [0.1, 0.15) is 5.60 Å². The summed E-state index contributed by atoms with van der Waals surface area (Å²) in [5.41, 5.74) is 2.21. The summed E-state index contributed by atoms with van der Waals surface area (Å²) in [7, 11) is 1.87. The van der Waals surface area contributed by atoms with Crippen molar-refractivity contribution in [2.45, 2.75) is 31.3 Å². The highest BCUT2D eigenvalue weighted by Crippen LogP contribution is 2.34. The molecule has 1 aromatic carbocycles. The number of benzene rings is 1. The Morgan fingerprint density at radius 1 is 1.38 bits per heavy atom. The van der Waals surface area contributed by atoms with Crippen molar-refractivity contribution in [2.24, 2.45) is 7.05 Å². The van der Waals surface area contributed by atoms with E-state index >= 15 is 0 Å². The number of rotatable bonds is 5. The number of nitrogens with zero attached hydrogens (tertiary/aromatic N) is 2. The Labute approximate surface area is 141 Å². The molecule has 0 aliphatic heterocycles. The van der Waals surface area contributed by atoms with Gasteiger partial charge in [-0.2, -0.15) is 5.10 Å². The van der Waals surface area contributed by atoms with Crippen LogP contribution >= 0.6 is 0 Å². The molecule has 1 atom stereocenters. The fourth-order valence-corrected chi connectivity index (χ4v) is 3.29. The van der Waals surface area contributed by atoms with Crippen molar-refractivity contribution in [3.63, 3.8) is 0 Å². The standard InChI is InChI=1S/C18H24N4O2/c1-22-12-14(11-21-22)8-10-19-17(23)20-13-18(24)9-4-6-15-5-2-3-7-16(15)18/h2-3,5,7,11-12,24H,4,6,8-10,13H2,1H3,(H2,19,20,23). The molecular weight excluding hydrogens is 304 g/mol. The van der Waals surface area contributed by atoms with Gasteiger partial charge in [-0.05, 0) is 42.4 Å².